The van der Waals surface area contributed by atoms with Gasteiger partial charge in [-0.1, -0.05) is 6.07 Å². The summed E-state index contributed by atoms with van der Waals surface area (Å²) in [4.78, 5) is 11.0. The fourth-order valence-corrected chi connectivity index (χ4v) is 2.21. The molecule has 0 spiro atoms. The number of methoxy groups -OCH3 is 1. The van der Waals surface area contributed by atoms with E-state index in [2.05, 4.69) is 17.4 Å². The highest BCUT2D eigenvalue weighted by Gasteiger charge is 2.18. The van der Waals surface area contributed by atoms with E-state index in [0.29, 0.717) is 6.10 Å². The standard InChI is InChI=1S/C13H17NO2/c1-9(15)14-12-5-3-10-4-6-13(16-2)8-11(10)7-12/h3,5,7,13H,4,6,8H2,1-2H3,(H,14,15). The molecule has 0 aliphatic heterocycles. The van der Waals surface area contributed by atoms with Gasteiger partial charge < -0.3 is 10.1 Å². The van der Waals surface area contributed by atoms with E-state index in [1.54, 1.807) is 7.11 Å². The molecule has 0 bridgehead atoms. The molecule has 1 aromatic carbocycles. The largest absolute Gasteiger partial charge is 0.381 e. The summed E-state index contributed by atoms with van der Waals surface area (Å²) in [5, 5.41) is 2.81. The second-order valence-electron chi connectivity index (χ2n) is 4.27. The van der Waals surface area contributed by atoms with Gasteiger partial charge in [0.25, 0.3) is 0 Å². The minimum atomic E-state index is -0.0287. The van der Waals surface area contributed by atoms with Crippen molar-refractivity contribution in [3.05, 3.63) is 29.3 Å². The Hall–Kier alpha value is -1.35. The van der Waals surface area contributed by atoms with Crippen LogP contribution >= 0.6 is 0 Å². The number of hydrogen-bond acceptors (Lipinski definition) is 2. The van der Waals surface area contributed by atoms with Gasteiger partial charge in [-0.15, -0.1) is 0 Å². The van der Waals surface area contributed by atoms with E-state index in [0.717, 1.165) is 24.9 Å². The highest BCUT2D eigenvalue weighted by molar-refractivity contribution is 5.88. The molecule has 1 aliphatic rings. The molecule has 2 rings (SSSR count). The number of amides is 1. The van der Waals surface area contributed by atoms with Gasteiger partial charge in [0.15, 0.2) is 0 Å². The van der Waals surface area contributed by atoms with Gasteiger partial charge >= 0.3 is 0 Å². The van der Waals surface area contributed by atoms with Crippen LogP contribution in [0.3, 0.4) is 0 Å². The van der Waals surface area contributed by atoms with Gasteiger partial charge in [-0.25, -0.2) is 0 Å². The molecule has 3 heteroatoms. The van der Waals surface area contributed by atoms with Gasteiger partial charge in [-0.3, -0.25) is 4.79 Å². The lowest BCUT2D eigenvalue weighted by atomic mass is 9.89. The summed E-state index contributed by atoms with van der Waals surface area (Å²) < 4.78 is 5.38. The molecular weight excluding hydrogens is 202 g/mol. The summed E-state index contributed by atoms with van der Waals surface area (Å²) in [6, 6.07) is 6.13. The smallest absolute Gasteiger partial charge is 0.221 e. The SMILES string of the molecule is COC1CCc2ccc(NC(C)=O)cc2C1. The Kier molecular flexibility index (Phi) is 3.25. The highest BCUT2D eigenvalue weighted by Crippen LogP contribution is 2.25. The molecule has 0 radical (unpaired) electrons. The third-order valence-electron chi connectivity index (χ3n) is 3.04. The molecular formula is C13H17NO2. The van der Waals surface area contributed by atoms with Crippen molar-refractivity contribution in [2.45, 2.75) is 32.3 Å². The van der Waals surface area contributed by atoms with Crippen molar-refractivity contribution < 1.29 is 9.53 Å². The van der Waals surface area contributed by atoms with Crippen LogP contribution in [0.1, 0.15) is 24.5 Å². The highest BCUT2D eigenvalue weighted by atomic mass is 16.5. The van der Waals surface area contributed by atoms with Crippen LogP contribution in [0, 0.1) is 0 Å². The lowest BCUT2D eigenvalue weighted by Gasteiger charge is -2.23. The zero-order chi connectivity index (χ0) is 11.5. The van der Waals surface area contributed by atoms with Crippen molar-refractivity contribution in [3.63, 3.8) is 0 Å². The van der Waals surface area contributed by atoms with Gasteiger partial charge in [-0.2, -0.15) is 0 Å². The van der Waals surface area contributed by atoms with Gasteiger partial charge in [0, 0.05) is 19.7 Å². The quantitative estimate of drug-likeness (QED) is 0.827. The van der Waals surface area contributed by atoms with E-state index in [4.69, 9.17) is 4.74 Å². The van der Waals surface area contributed by atoms with E-state index in [1.165, 1.54) is 18.1 Å². The summed E-state index contributed by atoms with van der Waals surface area (Å²) >= 11 is 0. The molecule has 1 atom stereocenters. The molecule has 0 aromatic heterocycles. The monoisotopic (exact) mass is 219 g/mol. The fourth-order valence-electron chi connectivity index (χ4n) is 2.21. The summed E-state index contributed by atoms with van der Waals surface area (Å²) in [7, 11) is 1.76. The fraction of sp³-hybridized carbons (Fsp3) is 0.462. The Morgan fingerprint density at radius 3 is 2.94 bits per heavy atom. The van der Waals surface area contributed by atoms with Crippen LogP contribution in [0.2, 0.25) is 0 Å². The molecule has 0 saturated carbocycles. The van der Waals surface area contributed by atoms with Gasteiger partial charge in [0.1, 0.15) is 0 Å². The minimum absolute atomic E-state index is 0.0287. The van der Waals surface area contributed by atoms with Crippen molar-refractivity contribution in [1.29, 1.82) is 0 Å². The Balaban J connectivity index is 2.20. The summed E-state index contributed by atoms with van der Waals surface area (Å²) in [5.41, 5.74) is 3.55. The predicted octanol–water partition coefficient (Wildman–Crippen LogP) is 2.15. The number of rotatable bonds is 2. The molecule has 0 saturated heterocycles. The molecule has 16 heavy (non-hydrogen) atoms. The van der Waals surface area contributed by atoms with Crippen molar-refractivity contribution in [2.24, 2.45) is 0 Å². The number of fused-ring (bicyclic) bond motifs is 1. The van der Waals surface area contributed by atoms with Gasteiger partial charge in [0.05, 0.1) is 6.10 Å². The summed E-state index contributed by atoms with van der Waals surface area (Å²) in [6.07, 6.45) is 3.41. The third kappa shape index (κ3) is 2.42. The van der Waals surface area contributed by atoms with E-state index in [-0.39, 0.29) is 5.91 Å². The first-order chi connectivity index (χ1) is 7.69. The predicted molar refractivity (Wildman–Crippen MR) is 63.6 cm³/mol. The number of nitrogens with one attached hydrogen (secondary N) is 1. The number of ether oxygens (including phenoxy) is 1. The Bertz CT molecular complexity index is 401. The van der Waals surface area contributed by atoms with E-state index >= 15 is 0 Å². The molecule has 1 unspecified atom stereocenters. The lowest BCUT2D eigenvalue weighted by Crippen LogP contribution is -2.21. The molecule has 86 valence electrons. The Labute approximate surface area is 95.8 Å². The maximum Gasteiger partial charge on any atom is 0.221 e. The van der Waals surface area contributed by atoms with Gasteiger partial charge in [0.2, 0.25) is 5.91 Å². The number of hydrogen-bond donors (Lipinski definition) is 1. The molecule has 0 heterocycles. The number of benzene rings is 1. The first-order valence-corrected chi connectivity index (χ1v) is 5.61. The van der Waals surface area contributed by atoms with Crippen LogP contribution in [0.15, 0.2) is 18.2 Å². The normalized spacial score (nSPS) is 19.0. The zero-order valence-corrected chi connectivity index (χ0v) is 9.75. The van der Waals surface area contributed by atoms with E-state index in [1.807, 2.05) is 6.07 Å². The first-order valence-electron chi connectivity index (χ1n) is 5.61. The summed E-state index contributed by atoms with van der Waals surface area (Å²) in [5.74, 6) is -0.0287. The molecule has 1 amide bonds. The van der Waals surface area contributed by atoms with Crippen LogP contribution in [-0.2, 0) is 22.4 Å². The zero-order valence-electron chi connectivity index (χ0n) is 9.75. The van der Waals surface area contributed by atoms with Crippen molar-refractivity contribution in [1.82, 2.24) is 0 Å². The van der Waals surface area contributed by atoms with Crippen molar-refractivity contribution in [3.8, 4) is 0 Å². The van der Waals surface area contributed by atoms with Crippen molar-refractivity contribution >= 4 is 11.6 Å². The van der Waals surface area contributed by atoms with Crippen LogP contribution in [0.5, 0.6) is 0 Å². The van der Waals surface area contributed by atoms with Crippen LogP contribution in [-0.4, -0.2) is 19.1 Å². The Morgan fingerprint density at radius 2 is 2.25 bits per heavy atom. The second-order valence-corrected chi connectivity index (χ2v) is 4.27. The molecule has 3 nitrogen and oxygen atoms in total. The van der Waals surface area contributed by atoms with Gasteiger partial charge in [-0.05, 0) is 42.5 Å². The number of carbonyl (C=O) groups excluding carboxylic acids is 1. The van der Waals surface area contributed by atoms with E-state index in [9.17, 15) is 4.79 Å². The topological polar surface area (TPSA) is 38.3 Å². The number of anilines is 1. The molecule has 1 aromatic rings. The van der Waals surface area contributed by atoms with Crippen LogP contribution in [0.4, 0.5) is 5.69 Å². The van der Waals surface area contributed by atoms with E-state index < -0.39 is 0 Å². The third-order valence-corrected chi connectivity index (χ3v) is 3.04. The second kappa shape index (κ2) is 4.66. The first kappa shape index (κ1) is 11.1. The van der Waals surface area contributed by atoms with Crippen molar-refractivity contribution in [2.75, 3.05) is 12.4 Å². The Morgan fingerprint density at radius 1 is 1.44 bits per heavy atom. The summed E-state index contributed by atoms with van der Waals surface area (Å²) in [6.45, 7) is 1.53. The maximum absolute atomic E-state index is 11.0. The molecule has 1 aliphatic carbocycles. The maximum atomic E-state index is 11.0. The van der Waals surface area contributed by atoms with Crippen LogP contribution in [0.25, 0.3) is 0 Å². The minimum Gasteiger partial charge on any atom is -0.381 e. The number of aryl methyl sites for hydroxylation is 1. The molecule has 0 fully saturated rings. The average molecular weight is 219 g/mol. The molecule has 1 N–H and O–H groups in total. The van der Waals surface area contributed by atoms with Crippen LogP contribution < -0.4 is 5.32 Å². The number of carbonyl (C=O) groups is 1. The average Bonchev–Trinajstić information content (AvgIpc) is 2.27. The lowest BCUT2D eigenvalue weighted by molar-refractivity contribution is -0.114.